The fourth-order valence-electron chi connectivity index (χ4n) is 1.61. The summed E-state index contributed by atoms with van der Waals surface area (Å²) in [4.78, 5) is 11.0. The van der Waals surface area contributed by atoms with Gasteiger partial charge in [0.15, 0.2) is 0 Å². The van der Waals surface area contributed by atoms with Gasteiger partial charge in [-0.15, -0.1) is 0 Å². The average Bonchev–Trinajstić information content (AvgIpc) is 2.39. The summed E-state index contributed by atoms with van der Waals surface area (Å²) in [5, 5.41) is 3.24. The highest BCUT2D eigenvalue weighted by Gasteiger charge is 2.01. The predicted octanol–water partition coefficient (Wildman–Crippen LogP) is 2.80. The molecule has 0 bridgehead atoms. The number of anilines is 1. The van der Waals surface area contributed by atoms with E-state index in [1.165, 1.54) is 5.56 Å². The quantitative estimate of drug-likeness (QED) is 0.580. The van der Waals surface area contributed by atoms with Crippen molar-refractivity contribution in [2.24, 2.45) is 0 Å². The van der Waals surface area contributed by atoms with Crippen molar-refractivity contribution in [2.45, 2.75) is 26.7 Å². The van der Waals surface area contributed by atoms with Crippen molar-refractivity contribution in [3.63, 3.8) is 0 Å². The zero-order chi connectivity index (χ0) is 14.1. The fraction of sp³-hybridized carbons (Fsp3) is 0.533. The van der Waals surface area contributed by atoms with Gasteiger partial charge in [-0.3, -0.25) is 0 Å². The third-order valence-electron chi connectivity index (χ3n) is 2.68. The van der Waals surface area contributed by atoms with Gasteiger partial charge in [-0.05, 0) is 30.5 Å². The summed E-state index contributed by atoms with van der Waals surface area (Å²) in [5.41, 5.74) is 2.38. The number of carbonyl (C=O) groups excluding carboxylic acids is 1. The predicted molar refractivity (Wildman–Crippen MR) is 76.5 cm³/mol. The standard InChI is InChI=1S/C15H23NO3/c1-4-19-15(17)11-18-10-9-16-14-7-5-13(6-8-14)12(2)3/h5-8,12,16H,4,9-11H2,1-3H3. The lowest BCUT2D eigenvalue weighted by atomic mass is 10.0. The molecule has 0 saturated heterocycles. The van der Waals surface area contributed by atoms with E-state index >= 15 is 0 Å². The second-order valence-electron chi connectivity index (χ2n) is 4.56. The van der Waals surface area contributed by atoms with Crippen LogP contribution in [-0.4, -0.2) is 32.3 Å². The molecule has 0 saturated carbocycles. The third-order valence-corrected chi connectivity index (χ3v) is 2.68. The van der Waals surface area contributed by atoms with Gasteiger partial charge in [-0.2, -0.15) is 0 Å². The van der Waals surface area contributed by atoms with Crippen molar-refractivity contribution < 1.29 is 14.3 Å². The van der Waals surface area contributed by atoms with Crippen LogP contribution < -0.4 is 5.32 Å². The van der Waals surface area contributed by atoms with Crippen LogP contribution >= 0.6 is 0 Å². The van der Waals surface area contributed by atoms with Gasteiger partial charge in [-0.1, -0.05) is 26.0 Å². The van der Waals surface area contributed by atoms with Gasteiger partial charge >= 0.3 is 5.97 Å². The topological polar surface area (TPSA) is 47.6 Å². The van der Waals surface area contributed by atoms with E-state index in [0.29, 0.717) is 25.7 Å². The molecule has 1 aromatic carbocycles. The summed E-state index contributed by atoms with van der Waals surface area (Å²) in [5.74, 6) is 0.228. The van der Waals surface area contributed by atoms with Crippen LogP contribution in [0.2, 0.25) is 0 Å². The molecule has 1 rings (SSSR count). The van der Waals surface area contributed by atoms with Gasteiger partial charge in [-0.25, -0.2) is 4.79 Å². The van der Waals surface area contributed by atoms with Crippen molar-refractivity contribution in [3.05, 3.63) is 29.8 Å². The Labute approximate surface area is 115 Å². The monoisotopic (exact) mass is 265 g/mol. The molecule has 0 atom stereocenters. The maximum Gasteiger partial charge on any atom is 0.332 e. The van der Waals surface area contributed by atoms with E-state index in [-0.39, 0.29) is 12.6 Å². The number of benzene rings is 1. The van der Waals surface area contributed by atoms with Crippen LogP contribution in [0.3, 0.4) is 0 Å². The van der Waals surface area contributed by atoms with E-state index < -0.39 is 0 Å². The lowest BCUT2D eigenvalue weighted by Crippen LogP contribution is -2.16. The number of nitrogens with one attached hydrogen (secondary N) is 1. The van der Waals surface area contributed by atoms with Crippen LogP contribution in [0.1, 0.15) is 32.3 Å². The third kappa shape index (κ3) is 6.25. The second kappa shape index (κ2) is 8.53. The van der Waals surface area contributed by atoms with E-state index in [4.69, 9.17) is 9.47 Å². The van der Waals surface area contributed by atoms with Crippen molar-refractivity contribution in [3.8, 4) is 0 Å². The van der Waals surface area contributed by atoms with Gasteiger partial charge < -0.3 is 14.8 Å². The maximum absolute atomic E-state index is 11.0. The Morgan fingerprint density at radius 3 is 2.53 bits per heavy atom. The molecule has 0 aliphatic carbocycles. The molecule has 1 aromatic rings. The zero-order valence-corrected chi connectivity index (χ0v) is 11.9. The molecule has 4 heteroatoms. The summed E-state index contributed by atoms with van der Waals surface area (Å²) in [7, 11) is 0. The molecule has 106 valence electrons. The van der Waals surface area contributed by atoms with Gasteiger partial charge in [0.1, 0.15) is 6.61 Å². The first-order chi connectivity index (χ1) is 9.13. The van der Waals surface area contributed by atoms with E-state index in [0.717, 1.165) is 5.69 Å². The summed E-state index contributed by atoms with van der Waals surface area (Å²) >= 11 is 0. The van der Waals surface area contributed by atoms with Gasteiger partial charge in [0.25, 0.3) is 0 Å². The molecule has 1 N–H and O–H groups in total. The first-order valence-corrected chi connectivity index (χ1v) is 6.70. The first kappa shape index (κ1) is 15.5. The number of carbonyl (C=O) groups is 1. The molecular weight excluding hydrogens is 242 g/mol. The summed E-state index contributed by atoms with van der Waals surface area (Å²) in [6, 6.07) is 8.35. The maximum atomic E-state index is 11.0. The summed E-state index contributed by atoms with van der Waals surface area (Å²) in [6.45, 7) is 7.67. The number of ether oxygens (including phenoxy) is 2. The van der Waals surface area contributed by atoms with Crippen LogP contribution in [0, 0.1) is 0 Å². The van der Waals surface area contributed by atoms with Crippen LogP contribution in [0.5, 0.6) is 0 Å². The molecular formula is C15H23NO3. The Bertz CT molecular complexity index is 373. The molecule has 4 nitrogen and oxygen atoms in total. The second-order valence-corrected chi connectivity index (χ2v) is 4.56. The smallest absolute Gasteiger partial charge is 0.332 e. The average molecular weight is 265 g/mol. The highest BCUT2D eigenvalue weighted by Crippen LogP contribution is 2.16. The van der Waals surface area contributed by atoms with E-state index in [1.807, 2.05) is 0 Å². The lowest BCUT2D eigenvalue weighted by Gasteiger charge is -2.09. The van der Waals surface area contributed by atoms with Gasteiger partial charge in [0, 0.05) is 12.2 Å². The molecule has 0 aliphatic heterocycles. The highest BCUT2D eigenvalue weighted by atomic mass is 16.6. The number of esters is 1. The van der Waals surface area contributed by atoms with E-state index in [1.54, 1.807) is 6.92 Å². The number of hydrogen-bond donors (Lipinski definition) is 1. The summed E-state index contributed by atoms with van der Waals surface area (Å²) in [6.07, 6.45) is 0. The largest absolute Gasteiger partial charge is 0.464 e. The molecule has 0 amide bonds. The Morgan fingerprint density at radius 2 is 1.95 bits per heavy atom. The zero-order valence-electron chi connectivity index (χ0n) is 11.9. The molecule has 0 heterocycles. The first-order valence-electron chi connectivity index (χ1n) is 6.70. The molecule has 0 aromatic heterocycles. The molecule has 0 aliphatic rings. The van der Waals surface area contributed by atoms with E-state index in [9.17, 15) is 4.79 Å². The van der Waals surface area contributed by atoms with Crippen molar-refractivity contribution in [2.75, 3.05) is 31.7 Å². The Hall–Kier alpha value is -1.55. The Kier molecular flexibility index (Phi) is 6.97. The molecule has 19 heavy (non-hydrogen) atoms. The summed E-state index contributed by atoms with van der Waals surface area (Å²) < 4.78 is 9.95. The van der Waals surface area contributed by atoms with E-state index in [2.05, 4.69) is 43.4 Å². The van der Waals surface area contributed by atoms with Crippen LogP contribution in [0.15, 0.2) is 24.3 Å². The molecule has 0 unspecified atom stereocenters. The Morgan fingerprint density at radius 1 is 1.26 bits per heavy atom. The van der Waals surface area contributed by atoms with Crippen LogP contribution in [0.4, 0.5) is 5.69 Å². The van der Waals surface area contributed by atoms with Crippen molar-refractivity contribution in [1.29, 1.82) is 0 Å². The Balaban J connectivity index is 2.17. The number of rotatable bonds is 8. The van der Waals surface area contributed by atoms with Crippen LogP contribution in [0.25, 0.3) is 0 Å². The molecule has 0 spiro atoms. The van der Waals surface area contributed by atoms with Crippen LogP contribution in [-0.2, 0) is 14.3 Å². The highest BCUT2D eigenvalue weighted by molar-refractivity contribution is 5.70. The SMILES string of the molecule is CCOC(=O)COCCNc1ccc(C(C)C)cc1. The minimum atomic E-state index is -0.316. The minimum absolute atomic E-state index is 0.0157. The van der Waals surface area contributed by atoms with Crippen molar-refractivity contribution in [1.82, 2.24) is 0 Å². The van der Waals surface area contributed by atoms with Crippen molar-refractivity contribution >= 4 is 11.7 Å². The van der Waals surface area contributed by atoms with Gasteiger partial charge in [0.05, 0.1) is 13.2 Å². The lowest BCUT2D eigenvalue weighted by molar-refractivity contribution is -0.148. The molecule has 0 radical (unpaired) electrons. The normalized spacial score (nSPS) is 10.5. The fourth-order valence-corrected chi connectivity index (χ4v) is 1.61. The van der Waals surface area contributed by atoms with Gasteiger partial charge in [0.2, 0.25) is 0 Å². The number of hydrogen-bond acceptors (Lipinski definition) is 4. The minimum Gasteiger partial charge on any atom is -0.464 e. The molecule has 0 fully saturated rings.